The van der Waals surface area contributed by atoms with Crippen molar-refractivity contribution in [3.8, 4) is 0 Å². The fourth-order valence-electron chi connectivity index (χ4n) is 4.30. The first kappa shape index (κ1) is 28.4. The number of halogens is 4. The summed E-state index contributed by atoms with van der Waals surface area (Å²) < 4.78 is 66.6. The predicted octanol–water partition coefficient (Wildman–Crippen LogP) is 4.61. The predicted molar refractivity (Wildman–Crippen MR) is 142 cm³/mol. The first-order chi connectivity index (χ1) is 18.2. The van der Waals surface area contributed by atoms with Crippen LogP contribution in [0, 0.1) is 6.92 Å². The maximum atomic E-state index is 13.0. The molecule has 0 radical (unpaired) electrons. The van der Waals surface area contributed by atoms with Gasteiger partial charge in [0.15, 0.2) is 0 Å². The van der Waals surface area contributed by atoms with Gasteiger partial charge in [-0.05, 0) is 62.9 Å². The molecule has 1 saturated carbocycles. The van der Waals surface area contributed by atoms with E-state index in [-0.39, 0.29) is 34.0 Å². The van der Waals surface area contributed by atoms with Crippen molar-refractivity contribution < 1.29 is 26.4 Å². The van der Waals surface area contributed by atoms with Crippen LogP contribution in [0.3, 0.4) is 0 Å². The van der Waals surface area contributed by atoms with Crippen LogP contribution < -0.4 is 31.5 Å². The molecular weight excluding hydrogens is 561 g/mol. The molecule has 208 valence electrons. The van der Waals surface area contributed by atoms with Crippen LogP contribution in [-0.4, -0.2) is 26.5 Å². The molecule has 2 amide bonds. The van der Waals surface area contributed by atoms with Crippen LogP contribution in [0.4, 0.5) is 35.0 Å². The van der Waals surface area contributed by atoms with Crippen molar-refractivity contribution in [2.45, 2.75) is 55.8 Å². The number of amides is 2. The molecule has 0 bridgehead atoms. The molecular formula is C25H24ClF3N4O5S. The van der Waals surface area contributed by atoms with E-state index < -0.39 is 43.7 Å². The minimum absolute atomic E-state index is 0.0508. The number of alkyl halides is 3. The summed E-state index contributed by atoms with van der Waals surface area (Å²) in [6.45, 7) is 1.80. The number of hydrogen-bond donors (Lipinski definition) is 4. The van der Waals surface area contributed by atoms with Gasteiger partial charge < -0.3 is 16.0 Å². The van der Waals surface area contributed by atoms with Gasteiger partial charge in [0.05, 0.1) is 15.5 Å². The average Bonchev–Trinajstić information content (AvgIpc) is 2.87. The molecule has 14 heteroatoms. The van der Waals surface area contributed by atoms with Crippen molar-refractivity contribution in [3.63, 3.8) is 0 Å². The van der Waals surface area contributed by atoms with Gasteiger partial charge in [-0.3, -0.25) is 14.3 Å². The standard InChI is InChI=1S/C25H24ClF3N4O5S/c1-13-2-9-17(10-3-13)39(37,38)33-21-20(22(34)23(21)35)30-14-4-6-15(7-5-14)31-24(36)32-16-8-11-19(26)18(12-16)25(27,28)29/h2-3,8-12,14-15,30,33H,4-7H2,1H3,(H2,31,32,36). The molecule has 3 aromatic carbocycles. The summed E-state index contributed by atoms with van der Waals surface area (Å²) in [5, 5.41) is 7.53. The Bertz CT molecular complexity index is 1560. The summed E-state index contributed by atoms with van der Waals surface area (Å²) in [6.07, 6.45) is -2.77. The van der Waals surface area contributed by atoms with E-state index in [1.54, 1.807) is 19.1 Å². The first-order valence-electron chi connectivity index (χ1n) is 11.9. The number of anilines is 3. The third-order valence-electron chi connectivity index (χ3n) is 6.42. The van der Waals surface area contributed by atoms with E-state index in [2.05, 4.69) is 20.7 Å². The Labute approximate surface area is 226 Å². The van der Waals surface area contributed by atoms with Crippen LogP contribution in [0.2, 0.25) is 5.02 Å². The highest BCUT2D eigenvalue weighted by atomic mass is 35.5. The monoisotopic (exact) mass is 584 g/mol. The van der Waals surface area contributed by atoms with Gasteiger partial charge in [-0.15, -0.1) is 0 Å². The van der Waals surface area contributed by atoms with Gasteiger partial charge in [0, 0.05) is 17.8 Å². The summed E-state index contributed by atoms with van der Waals surface area (Å²) in [4.78, 5) is 36.5. The van der Waals surface area contributed by atoms with Gasteiger partial charge in [-0.2, -0.15) is 13.2 Å². The minimum atomic E-state index is -4.67. The second kappa shape index (κ2) is 10.9. The van der Waals surface area contributed by atoms with Crippen molar-refractivity contribution in [3.05, 3.63) is 79.1 Å². The Morgan fingerprint density at radius 1 is 0.923 bits per heavy atom. The fraction of sp³-hybridized carbons (Fsp3) is 0.320. The molecule has 0 spiro atoms. The van der Waals surface area contributed by atoms with Crippen LogP contribution in [0.25, 0.3) is 0 Å². The molecule has 0 atom stereocenters. The average molecular weight is 585 g/mol. The molecule has 0 heterocycles. The number of nitrogens with one attached hydrogen (secondary N) is 4. The summed E-state index contributed by atoms with van der Waals surface area (Å²) in [6, 6.07) is 7.82. The van der Waals surface area contributed by atoms with Crippen molar-refractivity contribution in [2.75, 3.05) is 15.4 Å². The fourth-order valence-corrected chi connectivity index (χ4v) is 5.60. The van der Waals surface area contributed by atoms with Gasteiger partial charge in [-0.1, -0.05) is 29.3 Å². The van der Waals surface area contributed by atoms with E-state index in [4.69, 9.17) is 11.6 Å². The molecule has 3 aromatic rings. The van der Waals surface area contributed by atoms with Crippen molar-refractivity contribution >= 4 is 44.7 Å². The lowest BCUT2D eigenvalue weighted by atomic mass is 9.91. The van der Waals surface area contributed by atoms with Crippen molar-refractivity contribution in [1.82, 2.24) is 5.32 Å². The number of hydrogen-bond acceptors (Lipinski definition) is 6. The number of benzene rings is 2. The summed E-state index contributed by atoms with van der Waals surface area (Å²) in [5.41, 5.74) is -2.45. The summed E-state index contributed by atoms with van der Waals surface area (Å²) >= 11 is 5.60. The van der Waals surface area contributed by atoms with Gasteiger partial charge in [0.1, 0.15) is 11.4 Å². The molecule has 1 fully saturated rings. The molecule has 0 aliphatic heterocycles. The second-order valence-electron chi connectivity index (χ2n) is 9.31. The van der Waals surface area contributed by atoms with Crippen LogP contribution in [0.5, 0.6) is 0 Å². The highest BCUT2D eigenvalue weighted by Crippen LogP contribution is 2.36. The number of sulfonamides is 1. The van der Waals surface area contributed by atoms with Crippen molar-refractivity contribution in [1.29, 1.82) is 0 Å². The lowest BCUT2D eigenvalue weighted by Gasteiger charge is -2.31. The first-order valence-corrected chi connectivity index (χ1v) is 13.7. The van der Waals surface area contributed by atoms with E-state index in [9.17, 15) is 36.0 Å². The number of urea groups is 1. The molecule has 9 nitrogen and oxygen atoms in total. The van der Waals surface area contributed by atoms with Gasteiger partial charge in [-0.25, -0.2) is 13.2 Å². The number of carbonyl (C=O) groups is 1. The third kappa shape index (κ3) is 6.53. The lowest BCUT2D eigenvalue weighted by Crippen LogP contribution is -2.44. The Morgan fingerprint density at radius 2 is 1.51 bits per heavy atom. The molecule has 1 aliphatic rings. The Balaban J connectivity index is 1.32. The maximum Gasteiger partial charge on any atom is 0.417 e. The molecule has 0 unspecified atom stereocenters. The van der Waals surface area contributed by atoms with Gasteiger partial charge in [0.2, 0.25) is 0 Å². The van der Waals surface area contributed by atoms with Crippen LogP contribution in [0.15, 0.2) is 56.9 Å². The molecule has 4 rings (SSSR count). The summed E-state index contributed by atoms with van der Waals surface area (Å²) in [7, 11) is -4.07. The lowest BCUT2D eigenvalue weighted by molar-refractivity contribution is -0.137. The van der Waals surface area contributed by atoms with E-state index in [0.717, 1.165) is 17.7 Å². The highest BCUT2D eigenvalue weighted by Gasteiger charge is 2.34. The topological polar surface area (TPSA) is 133 Å². The zero-order chi connectivity index (χ0) is 28.5. The van der Waals surface area contributed by atoms with Crippen LogP contribution in [-0.2, 0) is 16.2 Å². The SMILES string of the molecule is Cc1ccc(S(=O)(=O)Nc2c(NC3CCC(NC(=O)Nc4ccc(Cl)c(C(F)(F)F)c4)CC3)c(=O)c2=O)cc1. The Kier molecular flexibility index (Phi) is 7.94. The zero-order valence-corrected chi connectivity index (χ0v) is 22.1. The minimum Gasteiger partial charge on any atom is -0.377 e. The van der Waals surface area contributed by atoms with Crippen molar-refractivity contribution in [2.24, 2.45) is 0 Å². The van der Waals surface area contributed by atoms with Gasteiger partial charge in [0.25, 0.3) is 20.9 Å². The third-order valence-corrected chi connectivity index (χ3v) is 8.11. The van der Waals surface area contributed by atoms with E-state index in [1.165, 1.54) is 18.2 Å². The van der Waals surface area contributed by atoms with E-state index in [0.29, 0.717) is 25.7 Å². The van der Waals surface area contributed by atoms with Crippen LogP contribution in [0.1, 0.15) is 36.8 Å². The van der Waals surface area contributed by atoms with E-state index in [1.807, 2.05) is 0 Å². The molecule has 1 aliphatic carbocycles. The van der Waals surface area contributed by atoms with E-state index >= 15 is 0 Å². The maximum absolute atomic E-state index is 13.0. The molecule has 4 N–H and O–H groups in total. The highest BCUT2D eigenvalue weighted by molar-refractivity contribution is 7.92. The number of rotatable bonds is 7. The second-order valence-corrected chi connectivity index (χ2v) is 11.4. The smallest absolute Gasteiger partial charge is 0.377 e. The van der Waals surface area contributed by atoms with Gasteiger partial charge >= 0.3 is 12.2 Å². The summed E-state index contributed by atoms with van der Waals surface area (Å²) in [5.74, 6) is 0. The number of carbonyl (C=O) groups excluding carboxylic acids is 1. The largest absolute Gasteiger partial charge is 0.417 e. The number of aryl methyl sites for hydroxylation is 1. The Morgan fingerprint density at radius 3 is 2.13 bits per heavy atom. The van der Waals surface area contributed by atoms with Crippen LogP contribution >= 0.6 is 11.6 Å². The molecule has 0 saturated heterocycles. The molecule has 0 aromatic heterocycles. The zero-order valence-electron chi connectivity index (χ0n) is 20.5. The molecule has 39 heavy (non-hydrogen) atoms. The quantitative estimate of drug-likeness (QED) is 0.300. The Hall–Kier alpha value is -3.58. The normalized spacial score (nSPS) is 18.0.